The van der Waals surface area contributed by atoms with E-state index in [9.17, 15) is 9.90 Å². The third-order valence-electron chi connectivity index (χ3n) is 5.85. The minimum absolute atomic E-state index is 0.161. The lowest BCUT2D eigenvalue weighted by atomic mass is 10.0. The summed E-state index contributed by atoms with van der Waals surface area (Å²) < 4.78 is 11.6. The molecule has 0 radical (unpaired) electrons. The number of hydrogen-bond acceptors (Lipinski definition) is 5. The third kappa shape index (κ3) is 4.22. The van der Waals surface area contributed by atoms with Crippen LogP contribution in [0.25, 0.3) is 11.3 Å². The molecule has 1 aliphatic heterocycles. The summed E-state index contributed by atoms with van der Waals surface area (Å²) in [6, 6.07) is 20.7. The van der Waals surface area contributed by atoms with Gasteiger partial charge in [0.25, 0.3) is 0 Å². The van der Waals surface area contributed by atoms with Crippen LogP contribution in [-0.4, -0.2) is 28.3 Å². The van der Waals surface area contributed by atoms with E-state index in [1.165, 1.54) is 0 Å². The van der Waals surface area contributed by atoms with Crippen molar-refractivity contribution in [3.63, 3.8) is 0 Å². The molecular weight excluding hydrogens is 486 g/mol. The number of carbonyl (C=O) groups is 1. The number of furan rings is 1. The first-order valence-corrected chi connectivity index (χ1v) is 11.5. The predicted octanol–water partition coefficient (Wildman–Crippen LogP) is 5.88. The molecule has 0 spiro atoms. The van der Waals surface area contributed by atoms with Gasteiger partial charge >= 0.3 is 5.97 Å². The second-order valence-electron chi connectivity index (χ2n) is 7.87. The van der Waals surface area contributed by atoms with Gasteiger partial charge in [0.05, 0.1) is 29.4 Å². The molecular formula is C26H20ClN3O4S. The number of aromatic carboxylic acids is 1. The van der Waals surface area contributed by atoms with Crippen LogP contribution < -0.4 is 15.0 Å². The van der Waals surface area contributed by atoms with E-state index < -0.39 is 12.0 Å². The van der Waals surface area contributed by atoms with E-state index >= 15 is 0 Å². The van der Waals surface area contributed by atoms with Crippen LogP contribution in [0.1, 0.15) is 33.9 Å². The number of thiocarbonyl (C=S) groups is 1. The van der Waals surface area contributed by atoms with Gasteiger partial charge in [-0.05, 0) is 60.7 Å². The first-order valence-electron chi connectivity index (χ1n) is 10.7. The highest BCUT2D eigenvalue weighted by Crippen LogP contribution is 2.44. The van der Waals surface area contributed by atoms with Crippen molar-refractivity contribution in [3.05, 3.63) is 101 Å². The highest BCUT2D eigenvalue weighted by molar-refractivity contribution is 7.80. The minimum Gasteiger partial charge on any atom is -0.495 e. The van der Waals surface area contributed by atoms with Gasteiger partial charge in [0, 0.05) is 17.4 Å². The van der Waals surface area contributed by atoms with Crippen molar-refractivity contribution in [2.45, 2.75) is 12.1 Å². The second kappa shape index (κ2) is 9.40. The molecule has 2 aromatic heterocycles. The Bertz CT molecular complexity index is 1410. The number of carboxylic acid groups (broad SMARTS) is 1. The number of carboxylic acids is 1. The minimum atomic E-state index is -1.02. The zero-order valence-electron chi connectivity index (χ0n) is 18.5. The lowest BCUT2D eigenvalue weighted by molar-refractivity contribution is 0.0697. The quantitative estimate of drug-likeness (QED) is 0.314. The molecule has 0 aliphatic carbocycles. The van der Waals surface area contributed by atoms with Crippen molar-refractivity contribution < 1.29 is 19.1 Å². The maximum Gasteiger partial charge on any atom is 0.336 e. The van der Waals surface area contributed by atoms with E-state index in [-0.39, 0.29) is 11.6 Å². The van der Waals surface area contributed by atoms with Gasteiger partial charge in [-0.3, -0.25) is 4.98 Å². The van der Waals surface area contributed by atoms with Gasteiger partial charge in [-0.15, -0.1) is 0 Å². The fraction of sp³-hybridized carbons (Fsp3) is 0.115. The molecule has 2 atom stereocenters. The van der Waals surface area contributed by atoms with Crippen LogP contribution in [0.15, 0.2) is 83.4 Å². The average Bonchev–Trinajstić information content (AvgIpc) is 3.49. The molecule has 4 aromatic rings. The molecule has 35 heavy (non-hydrogen) atoms. The van der Waals surface area contributed by atoms with Crippen molar-refractivity contribution in [3.8, 4) is 17.1 Å². The van der Waals surface area contributed by atoms with E-state index in [0.29, 0.717) is 33.0 Å². The SMILES string of the molecule is COc1ccc(N2C(=S)N[C@H](c3ccccn3)[C@H]2c2ccc(-c3ccccc3C(=O)O)o2)cc1Cl. The lowest BCUT2D eigenvalue weighted by Gasteiger charge is -2.26. The molecule has 3 heterocycles. The second-order valence-corrected chi connectivity index (χ2v) is 8.66. The van der Waals surface area contributed by atoms with Crippen LogP contribution in [0.3, 0.4) is 0 Å². The van der Waals surface area contributed by atoms with Gasteiger partial charge in [-0.25, -0.2) is 4.79 Å². The Morgan fingerprint density at radius 1 is 1.14 bits per heavy atom. The summed E-state index contributed by atoms with van der Waals surface area (Å²) in [7, 11) is 1.56. The van der Waals surface area contributed by atoms with Crippen molar-refractivity contribution in [2.24, 2.45) is 0 Å². The first-order chi connectivity index (χ1) is 17.0. The number of ether oxygens (including phenoxy) is 1. The molecule has 0 bridgehead atoms. The lowest BCUT2D eigenvalue weighted by Crippen LogP contribution is -2.29. The zero-order chi connectivity index (χ0) is 24.5. The number of benzene rings is 2. The Balaban J connectivity index is 1.62. The van der Waals surface area contributed by atoms with Crippen molar-refractivity contribution in [1.29, 1.82) is 0 Å². The molecule has 9 heteroatoms. The Morgan fingerprint density at radius 2 is 1.94 bits per heavy atom. The molecule has 2 N–H and O–H groups in total. The van der Waals surface area contributed by atoms with Gasteiger partial charge in [-0.2, -0.15) is 0 Å². The van der Waals surface area contributed by atoms with Crippen molar-refractivity contribution in [1.82, 2.24) is 10.3 Å². The number of methoxy groups -OCH3 is 1. The van der Waals surface area contributed by atoms with Gasteiger partial charge < -0.3 is 24.5 Å². The van der Waals surface area contributed by atoms with Crippen LogP contribution in [0.5, 0.6) is 5.75 Å². The summed E-state index contributed by atoms with van der Waals surface area (Å²) in [6.45, 7) is 0. The number of anilines is 1. The van der Waals surface area contributed by atoms with E-state index in [1.807, 2.05) is 35.2 Å². The standard InChI is InChI=1S/C26H20ClN3O4S/c1-33-21-10-9-15(14-18(21)27)30-24(23(29-26(30)35)19-8-4-5-13-28-19)22-12-11-20(34-22)16-6-2-3-7-17(16)25(31)32/h2-14,23-24H,1H3,(H,29,35)(H,31,32)/t23-,24-/m1/s1. The monoisotopic (exact) mass is 505 g/mol. The summed E-state index contributed by atoms with van der Waals surface area (Å²) in [4.78, 5) is 18.2. The molecule has 5 rings (SSSR count). The van der Waals surface area contributed by atoms with Gasteiger partial charge in [0.15, 0.2) is 5.11 Å². The summed E-state index contributed by atoms with van der Waals surface area (Å²) in [5.74, 6) is 0.568. The topological polar surface area (TPSA) is 87.8 Å². The fourth-order valence-corrected chi connectivity index (χ4v) is 4.87. The molecule has 1 fully saturated rings. The summed E-state index contributed by atoms with van der Waals surface area (Å²) in [6.07, 6.45) is 1.72. The normalized spacial score (nSPS) is 17.3. The number of nitrogens with zero attached hydrogens (tertiary/aromatic N) is 2. The van der Waals surface area contributed by atoms with Gasteiger partial charge in [-0.1, -0.05) is 35.9 Å². The van der Waals surface area contributed by atoms with Crippen LogP contribution in [0, 0.1) is 0 Å². The maximum absolute atomic E-state index is 11.8. The van der Waals surface area contributed by atoms with E-state index in [4.69, 9.17) is 33.0 Å². The number of hydrogen-bond donors (Lipinski definition) is 2. The van der Waals surface area contributed by atoms with E-state index in [0.717, 1.165) is 11.4 Å². The van der Waals surface area contributed by atoms with Gasteiger partial charge in [0.1, 0.15) is 23.3 Å². The highest BCUT2D eigenvalue weighted by Gasteiger charge is 2.42. The predicted molar refractivity (Wildman–Crippen MR) is 137 cm³/mol. The highest BCUT2D eigenvalue weighted by atomic mass is 35.5. The largest absolute Gasteiger partial charge is 0.495 e. The summed E-state index contributed by atoms with van der Waals surface area (Å²) in [5, 5.41) is 13.9. The molecule has 0 saturated carbocycles. The number of halogens is 1. The number of aromatic nitrogens is 1. The van der Waals surface area contributed by atoms with E-state index in [2.05, 4.69) is 10.3 Å². The first kappa shape index (κ1) is 22.9. The Labute approximate surface area is 211 Å². The third-order valence-corrected chi connectivity index (χ3v) is 6.46. The van der Waals surface area contributed by atoms with Crippen LogP contribution in [0.4, 0.5) is 5.69 Å². The van der Waals surface area contributed by atoms with Crippen LogP contribution in [-0.2, 0) is 0 Å². The zero-order valence-corrected chi connectivity index (χ0v) is 20.1. The Kier molecular flexibility index (Phi) is 6.15. The van der Waals surface area contributed by atoms with Gasteiger partial charge in [0.2, 0.25) is 0 Å². The van der Waals surface area contributed by atoms with Crippen LogP contribution in [0.2, 0.25) is 5.02 Å². The Morgan fingerprint density at radius 3 is 2.66 bits per heavy atom. The maximum atomic E-state index is 11.8. The van der Waals surface area contributed by atoms with E-state index in [1.54, 1.807) is 55.8 Å². The fourth-order valence-electron chi connectivity index (χ4n) is 4.27. The summed E-state index contributed by atoms with van der Waals surface area (Å²) >= 11 is 12.2. The molecule has 176 valence electrons. The molecule has 7 nitrogen and oxygen atoms in total. The Hall–Kier alpha value is -3.88. The van der Waals surface area contributed by atoms with Crippen molar-refractivity contribution >= 4 is 40.6 Å². The average molecular weight is 506 g/mol. The molecule has 1 saturated heterocycles. The molecule has 0 amide bonds. The molecule has 0 unspecified atom stereocenters. The smallest absolute Gasteiger partial charge is 0.336 e. The molecule has 2 aromatic carbocycles. The molecule has 1 aliphatic rings. The summed E-state index contributed by atoms with van der Waals surface area (Å²) in [5.41, 5.74) is 2.19. The number of rotatable bonds is 6. The van der Waals surface area contributed by atoms with Crippen LogP contribution >= 0.6 is 23.8 Å². The number of nitrogens with one attached hydrogen (secondary N) is 1. The number of pyridine rings is 1. The van der Waals surface area contributed by atoms with Crippen molar-refractivity contribution in [2.75, 3.05) is 12.0 Å².